The van der Waals surface area contributed by atoms with Crippen LogP contribution < -0.4 is 10.6 Å². The lowest BCUT2D eigenvalue weighted by Crippen LogP contribution is -2.39. The van der Waals surface area contributed by atoms with Gasteiger partial charge >= 0.3 is 0 Å². The van der Waals surface area contributed by atoms with Crippen LogP contribution in [0.25, 0.3) is 0 Å². The van der Waals surface area contributed by atoms with E-state index in [9.17, 15) is 0 Å². The van der Waals surface area contributed by atoms with Crippen molar-refractivity contribution in [3.63, 3.8) is 0 Å². The zero-order valence-corrected chi connectivity index (χ0v) is 18.5. The van der Waals surface area contributed by atoms with Crippen molar-refractivity contribution in [3.8, 4) is 0 Å². The highest BCUT2D eigenvalue weighted by Crippen LogP contribution is 2.09. The number of benzene rings is 1. The number of ether oxygens (including phenoxy) is 1. The van der Waals surface area contributed by atoms with Gasteiger partial charge in [0.2, 0.25) is 0 Å². The van der Waals surface area contributed by atoms with E-state index in [-0.39, 0.29) is 24.0 Å². The van der Waals surface area contributed by atoms with E-state index in [0.717, 1.165) is 45.3 Å². The Balaban J connectivity index is 0.00000576. The smallest absolute Gasteiger partial charge is 0.191 e. The number of rotatable bonds is 11. The monoisotopic (exact) mass is 462 g/mol. The summed E-state index contributed by atoms with van der Waals surface area (Å²) in [7, 11) is 0. The molecule has 0 aliphatic rings. The number of halogens is 1. The van der Waals surface area contributed by atoms with Crippen LogP contribution in [0, 0.1) is 0 Å². The molecule has 25 heavy (non-hydrogen) atoms. The zero-order valence-electron chi connectivity index (χ0n) is 16.2. The van der Waals surface area contributed by atoms with Gasteiger partial charge in [-0.1, -0.05) is 38.1 Å². The number of hydrogen-bond donors (Lipinski definition) is 2. The lowest BCUT2D eigenvalue weighted by Gasteiger charge is -2.18. The SMILES string of the molecule is CCNC(=NCc1cccc(CN(CC)CC)c1)NCCOCC.I. The highest BCUT2D eigenvalue weighted by atomic mass is 127. The highest BCUT2D eigenvalue weighted by Gasteiger charge is 2.02. The molecule has 0 heterocycles. The Morgan fingerprint density at radius 1 is 1.08 bits per heavy atom. The number of aliphatic imine (C=N–C) groups is 1. The first-order valence-electron chi connectivity index (χ1n) is 9.13. The van der Waals surface area contributed by atoms with Crippen LogP contribution in [0.2, 0.25) is 0 Å². The molecule has 0 bridgehead atoms. The van der Waals surface area contributed by atoms with Gasteiger partial charge in [-0.05, 0) is 38.1 Å². The van der Waals surface area contributed by atoms with Gasteiger partial charge in [0.15, 0.2) is 5.96 Å². The summed E-state index contributed by atoms with van der Waals surface area (Å²) >= 11 is 0. The zero-order chi connectivity index (χ0) is 17.6. The van der Waals surface area contributed by atoms with Crippen LogP contribution in [0.15, 0.2) is 29.3 Å². The molecule has 2 N–H and O–H groups in total. The molecule has 6 heteroatoms. The summed E-state index contributed by atoms with van der Waals surface area (Å²) in [6.45, 7) is 15.4. The summed E-state index contributed by atoms with van der Waals surface area (Å²) in [5.41, 5.74) is 2.59. The van der Waals surface area contributed by atoms with E-state index in [1.165, 1.54) is 11.1 Å². The molecule has 0 atom stereocenters. The normalized spacial score (nSPS) is 11.3. The molecular formula is C19H35IN4O. The van der Waals surface area contributed by atoms with Crippen LogP contribution in [0.1, 0.15) is 38.8 Å². The molecule has 0 unspecified atom stereocenters. The van der Waals surface area contributed by atoms with Crippen molar-refractivity contribution in [2.75, 3.05) is 39.4 Å². The van der Waals surface area contributed by atoms with Gasteiger partial charge in [-0.25, -0.2) is 4.99 Å². The van der Waals surface area contributed by atoms with Crippen LogP contribution in [-0.2, 0) is 17.8 Å². The standard InChI is InChI=1S/C19H34N4O.HI/c1-5-20-19(21-12-13-24-8-4)22-15-17-10-9-11-18(14-17)16-23(6-2)7-3;/h9-11,14H,5-8,12-13,15-16H2,1-4H3,(H2,20,21,22);1H. The number of hydrogen-bond acceptors (Lipinski definition) is 3. The van der Waals surface area contributed by atoms with Gasteiger partial charge in [-0.2, -0.15) is 0 Å². The molecule has 0 aliphatic heterocycles. The molecule has 5 nitrogen and oxygen atoms in total. The second kappa shape index (κ2) is 15.4. The molecule has 0 spiro atoms. The molecular weight excluding hydrogens is 427 g/mol. The van der Waals surface area contributed by atoms with Gasteiger partial charge in [0.1, 0.15) is 0 Å². The summed E-state index contributed by atoms with van der Waals surface area (Å²) in [4.78, 5) is 7.09. The lowest BCUT2D eigenvalue weighted by molar-refractivity contribution is 0.152. The van der Waals surface area contributed by atoms with Crippen molar-refractivity contribution >= 4 is 29.9 Å². The van der Waals surface area contributed by atoms with Crippen molar-refractivity contribution < 1.29 is 4.74 Å². The van der Waals surface area contributed by atoms with Crippen LogP contribution in [0.3, 0.4) is 0 Å². The number of nitrogens with one attached hydrogen (secondary N) is 2. The third kappa shape index (κ3) is 10.7. The minimum absolute atomic E-state index is 0. The third-order valence-electron chi connectivity index (χ3n) is 3.80. The highest BCUT2D eigenvalue weighted by molar-refractivity contribution is 14.0. The average molecular weight is 462 g/mol. The largest absolute Gasteiger partial charge is 0.380 e. The second-order valence-corrected chi connectivity index (χ2v) is 5.60. The van der Waals surface area contributed by atoms with E-state index in [1.54, 1.807) is 0 Å². The van der Waals surface area contributed by atoms with Crippen molar-refractivity contribution in [1.29, 1.82) is 0 Å². The van der Waals surface area contributed by atoms with Gasteiger partial charge in [0, 0.05) is 26.2 Å². The molecule has 1 aromatic rings. The fourth-order valence-electron chi connectivity index (χ4n) is 2.43. The molecule has 0 amide bonds. The fourth-order valence-corrected chi connectivity index (χ4v) is 2.43. The Bertz CT molecular complexity index is 478. The van der Waals surface area contributed by atoms with Crippen LogP contribution in [-0.4, -0.2) is 50.3 Å². The molecule has 0 fully saturated rings. The van der Waals surface area contributed by atoms with Crippen molar-refractivity contribution in [2.45, 2.75) is 40.8 Å². The van der Waals surface area contributed by atoms with E-state index in [1.807, 2.05) is 6.92 Å². The quantitative estimate of drug-likeness (QED) is 0.230. The van der Waals surface area contributed by atoms with Gasteiger partial charge in [-0.3, -0.25) is 4.90 Å². The lowest BCUT2D eigenvalue weighted by atomic mass is 10.1. The Labute approximate surface area is 170 Å². The minimum atomic E-state index is 0. The first-order valence-corrected chi connectivity index (χ1v) is 9.13. The van der Waals surface area contributed by atoms with E-state index >= 15 is 0 Å². The maximum atomic E-state index is 5.35. The number of nitrogens with zero attached hydrogens (tertiary/aromatic N) is 2. The van der Waals surface area contributed by atoms with Crippen LogP contribution in [0.5, 0.6) is 0 Å². The van der Waals surface area contributed by atoms with E-state index < -0.39 is 0 Å². The molecule has 0 aromatic heterocycles. The molecule has 0 radical (unpaired) electrons. The minimum Gasteiger partial charge on any atom is -0.380 e. The predicted octanol–water partition coefficient (Wildman–Crippen LogP) is 3.24. The van der Waals surface area contributed by atoms with Crippen molar-refractivity contribution in [2.24, 2.45) is 4.99 Å². The summed E-state index contributed by atoms with van der Waals surface area (Å²) < 4.78 is 5.35. The van der Waals surface area contributed by atoms with Gasteiger partial charge in [0.25, 0.3) is 0 Å². The Morgan fingerprint density at radius 3 is 2.44 bits per heavy atom. The topological polar surface area (TPSA) is 48.9 Å². The van der Waals surface area contributed by atoms with Crippen molar-refractivity contribution in [1.82, 2.24) is 15.5 Å². The first-order chi connectivity index (χ1) is 11.7. The molecule has 0 saturated carbocycles. The summed E-state index contributed by atoms with van der Waals surface area (Å²) in [6, 6.07) is 8.71. The van der Waals surface area contributed by atoms with E-state index in [4.69, 9.17) is 4.74 Å². The maximum Gasteiger partial charge on any atom is 0.191 e. The summed E-state index contributed by atoms with van der Waals surface area (Å²) in [5, 5.41) is 6.57. The Kier molecular flexibility index (Phi) is 14.9. The van der Waals surface area contributed by atoms with Crippen molar-refractivity contribution in [3.05, 3.63) is 35.4 Å². The van der Waals surface area contributed by atoms with Crippen LogP contribution >= 0.6 is 24.0 Å². The second-order valence-electron chi connectivity index (χ2n) is 5.60. The van der Waals surface area contributed by atoms with Gasteiger partial charge in [0.05, 0.1) is 13.2 Å². The average Bonchev–Trinajstić information content (AvgIpc) is 2.61. The third-order valence-corrected chi connectivity index (χ3v) is 3.80. The molecule has 1 rings (SSSR count). The van der Waals surface area contributed by atoms with E-state index in [2.05, 4.69) is 65.6 Å². The molecule has 1 aromatic carbocycles. The Hall–Kier alpha value is -0.860. The van der Waals surface area contributed by atoms with Gasteiger partial charge in [-0.15, -0.1) is 24.0 Å². The number of guanidine groups is 1. The first kappa shape index (κ1) is 24.1. The molecule has 0 aliphatic carbocycles. The fraction of sp³-hybridized carbons (Fsp3) is 0.632. The Morgan fingerprint density at radius 2 is 1.80 bits per heavy atom. The van der Waals surface area contributed by atoms with E-state index in [0.29, 0.717) is 13.2 Å². The molecule has 0 saturated heterocycles. The maximum absolute atomic E-state index is 5.35. The van der Waals surface area contributed by atoms with Gasteiger partial charge < -0.3 is 15.4 Å². The predicted molar refractivity (Wildman–Crippen MR) is 118 cm³/mol. The molecule has 144 valence electrons. The summed E-state index contributed by atoms with van der Waals surface area (Å²) in [6.07, 6.45) is 0. The van der Waals surface area contributed by atoms with Crippen LogP contribution in [0.4, 0.5) is 0 Å². The summed E-state index contributed by atoms with van der Waals surface area (Å²) in [5.74, 6) is 0.839.